The zero-order valence-corrected chi connectivity index (χ0v) is 23.7. The SMILES string of the molecule is COC(=O)Cn1c(=O)c(C(=O)COC(=O)c2ccc(N3CCC(C)CC3)c([N+](=O)[O-])c2)c(N)n(Cc2ccccc2)c1=O. The number of benzene rings is 2. The third-order valence-electron chi connectivity index (χ3n) is 7.31. The lowest BCUT2D eigenvalue weighted by molar-refractivity contribution is -0.384. The molecule has 2 N–H and O–H groups in total. The van der Waals surface area contributed by atoms with Crippen molar-refractivity contribution in [2.75, 3.05) is 37.4 Å². The molecular weight excluding hydrogens is 562 g/mol. The van der Waals surface area contributed by atoms with Crippen molar-refractivity contribution in [3.05, 3.63) is 96.2 Å². The van der Waals surface area contributed by atoms with Crippen LogP contribution in [-0.4, -0.2) is 58.6 Å². The number of nitrogen functional groups attached to an aromatic ring is 1. The highest BCUT2D eigenvalue weighted by molar-refractivity contribution is 6.02. The Labute approximate surface area is 245 Å². The van der Waals surface area contributed by atoms with E-state index in [-0.39, 0.29) is 17.8 Å². The second-order valence-corrected chi connectivity index (χ2v) is 10.2. The van der Waals surface area contributed by atoms with Crippen molar-refractivity contribution in [3.8, 4) is 0 Å². The number of nitro benzene ring substituents is 1. The van der Waals surface area contributed by atoms with E-state index in [0.29, 0.717) is 34.8 Å². The van der Waals surface area contributed by atoms with Gasteiger partial charge in [0.2, 0.25) is 5.78 Å². The van der Waals surface area contributed by atoms with Crippen LogP contribution in [-0.2, 0) is 27.4 Å². The molecule has 14 nitrogen and oxygen atoms in total. The molecular formula is C29H31N5O9. The minimum atomic E-state index is -1.16. The number of esters is 2. The largest absolute Gasteiger partial charge is 0.468 e. The summed E-state index contributed by atoms with van der Waals surface area (Å²) < 4.78 is 11.2. The predicted octanol–water partition coefficient (Wildman–Crippen LogP) is 2.00. The number of carbonyl (C=O) groups is 3. The maximum Gasteiger partial charge on any atom is 0.338 e. The molecule has 226 valence electrons. The van der Waals surface area contributed by atoms with Crippen LogP contribution < -0.4 is 21.9 Å². The first kappa shape index (κ1) is 30.7. The molecule has 3 aromatic rings. The van der Waals surface area contributed by atoms with Crippen molar-refractivity contribution < 1.29 is 28.8 Å². The van der Waals surface area contributed by atoms with Gasteiger partial charge in [-0.2, -0.15) is 0 Å². The van der Waals surface area contributed by atoms with E-state index in [1.165, 1.54) is 12.1 Å². The van der Waals surface area contributed by atoms with E-state index >= 15 is 0 Å². The average Bonchev–Trinajstić information content (AvgIpc) is 3.00. The Hall–Kier alpha value is -5.27. The number of piperidine rings is 1. The van der Waals surface area contributed by atoms with Crippen molar-refractivity contribution >= 4 is 34.9 Å². The first-order chi connectivity index (χ1) is 20.5. The zero-order valence-electron chi connectivity index (χ0n) is 23.7. The van der Waals surface area contributed by atoms with Gasteiger partial charge in [-0.3, -0.25) is 29.1 Å². The summed E-state index contributed by atoms with van der Waals surface area (Å²) in [7, 11) is 1.07. The van der Waals surface area contributed by atoms with Gasteiger partial charge in [-0.15, -0.1) is 0 Å². The Morgan fingerprint density at radius 2 is 1.72 bits per heavy atom. The molecule has 0 radical (unpaired) electrons. The van der Waals surface area contributed by atoms with Crippen LogP contribution in [0.2, 0.25) is 0 Å². The number of nitro groups is 1. The van der Waals surface area contributed by atoms with Gasteiger partial charge in [-0.1, -0.05) is 37.3 Å². The molecule has 2 aromatic carbocycles. The van der Waals surface area contributed by atoms with Crippen LogP contribution in [0.5, 0.6) is 0 Å². The van der Waals surface area contributed by atoms with Crippen LogP contribution in [0.25, 0.3) is 0 Å². The lowest BCUT2D eigenvalue weighted by atomic mass is 9.98. The summed E-state index contributed by atoms with van der Waals surface area (Å²) in [6.45, 7) is 1.53. The number of ether oxygens (including phenoxy) is 2. The molecule has 1 saturated heterocycles. The number of nitrogens with two attached hydrogens (primary N) is 1. The lowest BCUT2D eigenvalue weighted by Gasteiger charge is -2.31. The molecule has 14 heteroatoms. The minimum absolute atomic E-state index is 0.126. The van der Waals surface area contributed by atoms with Crippen molar-refractivity contribution in [2.45, 2.75) is 32.9 Å². The highest BCUT2D eigenvalue weighted by Crippen LogP contribution is 2.32. The number of ketones is 1. The summed E-state index contributed by atoms with van der Waals surface area (Å²) >= 11 is 0. The van der Waals surface area contributed by atoms with Gasteiger partial charge >= 0.3 is 17.6 Å². The van der Waals surface area contributed by atoms with E-state index in [1.807, 2.05) is 4.90 Å². The van der Waals surface area contributed by atoms with Crippen LogP contribution in [0.1, 0.15) is 46.0 Å². The molecule has 1 aliphatic heterocycles. The Morgan fingerprint density at radius 1 is 1.05 bits per heavy atom. The predicted molar refractivity (Wildman–Crippen MR) is 155 cm³/mol. The van der Waals surface area contributed by atoms with E-state index in [1.54, 1.807) is 30.3 Å². The second-order valence-electron chi connectivity index (χ2n) is 10.2. The van der Waals surface area contributed by atoms with Gasteiger partial charge in [0.15, 0.2) is 6.61 Å². The standard InChI is InChI=1S/C29H31N5O9/c1-18-10-12-31(13-11-18)21-9-8-20(14-22(21)34(40)41)28(38)43-17-23(35)25-26(30)32(15-19-6-4-3-5-7-19)29(39)33(27(25)37)16-24(36)42-2/h3-9,14,18H,10-13,15-17,30H2,1-2H3. The Balaban J connectivity index is 1.61. The second kappa shape index (κ2) is 13.1. The quantitative estimate of drug-likeness (QED) is 0.157. The molecule has 0 atom stereocenters. The Kier molecular flexibility index (Phi) is 9.38. The number of methoxy groups -OCH3 is 1. The monoisotopic (exact) mass is 593 g/mol. The molecule has 0 bridgehead atoms. The van der Waals surface area contributed by atoms with Gasteiger partial charge in [0, 0.05) is 19.2 Å². The van der Waals surface area contributed by atoms with Gasteiger partial charge in [-0.05, 0) is 36.5 Å². The fourth-order valence-electron chi connectivity index (χ4n) is 4.83. The van der Waals surface area contributed by atoms with Gasteiger partial charge in [0.25, 0.3) is 11.2 Å². The zero-order chi connectivity index (χ0) is 31.3. The molecule has 0 aliphatic carbocycles. The summed E-state index contributed by atoms with van der Waals surface area (Å²) in [5.74, 6) is -2.95. The van der Waals surface area contributed by atoms with Crippen LogP contribution in [0.15, 0.2) is 58.1 Å². The number of aromatic nitrogens is 2. The number of nitrogens with zero attached hydrogens (tertiary/aromatic N) is 4. The van der Waals surface area contributed by atoms with Crippen molar-refractivity contribution in [1.82, 2.24) is 9.13 Å². The van der Waals surface area contributed by atoms with E-state index in [4.69, 9.17) is 10.5 Å². The fraction of sp³-hybridized carbons (Fsp3) is 0.345. The molecule has 43 heavy (non-hydrogen) atoms. The highest BCUT2D eigenvalue weighted by atomic mass is 16.6. The third kappa shape index (κ3) is 6.80. The molecule has 1 fully saturated rings. The topological polar surface area (TPSA) is 186 Å². The van der Waals surface area contributed by atoms with Crippen LogP contribution in [0.3, 0.4) is 0 Å². The number of Topliss-reactive ketones (excluding diaryl/α,β-unsaturated/α-hetero) is 1. The molecule has 0 saturated carbocycles. The van der Waals surface area contributed by atoms with Gasteiger partial charge in [-0.25, -0.2) is 14.2 Å². The molecule has 1 aliphatic rings. The van der Waals surface area contributed by atoms with Crippen LogP contribution >= 0.6 is 0 Å². The molecule has 0 unspecified atom stereocenters. The van der Waals surface area contributed by atoms with E-state index in [2.05, 4.69) is 11.7 Å². The molecule has 0 spiro atoms. The Bertz CT molecular complexity index is 1670. The van der Waals surface area contributed by atoms with Crippen molar-refractivity contribution in [3.63, 3.8) is 0 Å². The van der Waals surface area contributed by atoms with Crippen molar-refractivity contribution in [2.24, 2.45) is 5.92 Å². The highest BCUT2D eigenvalue weighted by Gasteiger charge is 2.27. The normalized spacial score (nSPS) is 13.4. The first-order valence-electron chi connectivity index (χ1n) is 13.5. The number of rotatable bonds is 10. The van der Waals surface area contributed by atoms with Gasteiger partial charge in [0.1, 0.15) is 23.6 Å². The molecule has 2 heterocycles. The summed E-state index contributed by atoms with van der Waals surface area (Å²) in [5, 5.41) is 11.8. The van der Waals surface area contributed by atoms with E-state index in [0.717, 1.165) is 30.6 Å². The third-order valence-corrected chi connectivity index (χ3v) is 7.31. The summed E-state index contributed by atoms with van der Waals surface area (Å²) in [4.78, 5) is 77.4. The van der Waals surface area contributed by atoms with Crippen molar-refractivity contribution in [1.29, 1.82) is 0 Å². The number of carbonyl (C=O) groups excluding carboxylic acids is 3. The van der Waals surface area contributed by atoms with E-state index < -0.39 is 58.4 Å². The molecule has 1 aromatic heterocycles. The van der Waals surface area contributed by atoms with Crippen LogP contribution in [0.4, 0.5) is 17.2 Å². The Morgan fingerprint density at radius 3 is 2.35 bits per heavy atom. The van der Waals surface area contributed by atoms with Gasteiger partial charge < -0.3 is 20.1 Å². The maximum absolute atomic E-state index is 13.2. The lowest BCUT2D eigenvalue weighted by Crippen LogP contribution is -2.46. The number of anilines is 2. The summed E-state index contributed by atoms with van der Waals surface area (Å²) in [6, 6.07) is 12.5. The van der Waals surface area contributed by atoms with E-state index in [9.17, 15) is 34.1 Å². The molecule has 4 rings (SSSR count). The maximum atomic E-state index is 13.2. The first-order valence-corrected chi connectivity index (χ1v) is 13.5. The molecule has 0 amide bonds. The van der Waals surface area contributed by atoms with Crippen LogP contribution in [0, 0.1) is 16.0 Å². The fourth-order valence-corrected chi connectivity index (χ4v) is 4.83. The summed E-state index contributed by atoms with van der Waals surface area (Å²) in [5.41, 5.74) is 3.91. The average molecular weight is 594 g/mol. The smallest absolute Gasteiger partial charge is 0.338 e. The number of hydrogen-bond donors (Lipinski definition) is 1. The van der Waals surface area contributed by atoms with Gasteiger partial charge in [0.05, 0.1) is 24.1 Å². The number of hydrogen-bond acceptors (Lipinski definition) is 11. The minimum Gasteiger partial charge on any atom is -0.468 e. The summed E-state index contributed by atoms with van der Waals surface area (Å²) in [6.07, 6.45) is 1.76.